The van der Waals surface area contributed by atoms with Crippen LogP contribution in [0.2, 0.25) is 0 Å². The van der Waals surface area contributed by atoms with Gasteiger partial charge in [0.1, 0.15) is 0 Å². The Morgan fingerprint density at radius 2 is 1.90 bits per heavy atom. The molecule has 5 heteroatoms. The molecule has 2 rings (SSSR count). The molecule has 21 heavy (non-hydrogen) atoms. The lowest BCUT2D eigenvalue weighted by molar-refractivity contribution is 0.102. The van der Waals surface area contributed by atoms with Gasteiger partial charge in [-0.3, -0.25) is 4.79 Å². The molecule has 2 aromatic carbocycles. The van der Waals surface area contributed by atoms with Crippen LogP contribution in [0.4, 0.5) is 5.69 Å². The number of nitrogens with one attached hydrogen (secondary N) is 1. The summed E-state index contributed by atoms with van der Waals surface area (Å²) in [5, 5.41) is 2.88. The summed E-state index contributed by atoms with van der Waals surface area (Å²) in [4.78, 5) is 12.7. The summed E-state index contributed by atoms with van der Waals surface area (Å²) in [5.74, 6) is -0.123. The van der Waals surface area contributed by atoms with Crippen LogP contribution in [-0.2, 0) is 6.42 Å². The van der Waals surface area contributed by atoms with Crippen molar-refractivity contribution in [1.82, 2.24) is 0 Å². The van der Waals surface area contributed by atoms with Gasteiger partial charge in [-0.1, -0.05) is 40.3 Å². The second-order valence-corrected chi connectivity index (χ2v) is 6.19. The van der Waals surface area contributed by atoms with Gasteiger partial charge in [0.2, 0.25) is 0 Å². The van der Waals surface area contributed by atoms with Gasteiger partial charge in [-0.05, 0) is 48.4 Å². The van der Waals surface area contributed by atoms with Crippen LogP contribution in [0.5, 0.6) is 0 Å². The van der Waals surface area contributed by atoms with Crippen molar-refractivity contribution in [1.29, 1.82) is 0 Å². The van der Waals surface area contributed by atoms with E-state index < -0.39 is 0 Å². The molecule has 0 fully saturated rings. The van der Waals surface area contributed by atoms with Gasteiger partial charge in [0.25, 0.3) is 5.91 Å². The summed E-state index contributed by atoms with van der Waals surface area (Å²) in [6, 6.07) is 13.1. The first kappa shape index (κ1) is 15.7. The monoisotopic (exact) mass is 362 g/mol. The van der Waals surface area contributed by atoms with Gasteiger partial charge >= 0.3 is 0 Å². The second kappa shape index (κ2) is 6.83. The highest BCUT2D eigenvalue weighted by Crippen LogP contribution is 2.18. The zero-order valence-corrected chi connectivity index (χ0v) is 13.9. The molecule has 2 aromatic rings. The summed E-state index contributed by atoms with van der Waals surface area (Å²) in [5.41, 5.74) is 8.86. The zero-order valence-electron chi connectivity index (χ0n) is 11.5. The Morgan fingerprint density at radius 1 is 1.24 bits per heavy atom. The van der Waals surface area contributed by atoms with E-state index in [1.807, 2.05) is 43.3 Å². The van der Waals surface area contributed by atoms with Crippen LogP contribution in [0.3, 0.4) is 0 Å². The highest BCUT2D eigenvalue weighted by atomic mass is 79.9. The maximum absolute atomic E-state index is 12.2. The Morgan fingerprint density at radius 3 is 2.48 bits per heavy atom. The average molecular weight is 363 g/mol. The number of carbonyl (C=O) groups is 1. The lowest BCUT2D eigenvalue weighted by atomic mass is 10.1. The van der Waals surface area contributed by atoms with Crippen LogP contribution in [0.25, 0.3) is 0 Å². The number of rotatable bonds is 4. The molecule has 3 nitrogen and oxygen atoms in total. The first-order valence-corrected chi connectivity index (χ1v) is 7.60. The minimum atomic E-state index is -0.123. The van der Waals surface area contributed by atoms with E-state index in [0.717, 1.165) is 21.3 Å². The van der Waals surface area contributed by atoms with Gasteiger partial charge in [0, 0.05) is 22.1 Å². The predicted octanol–water partition coefficient (Wildman–Crippen LogP) is 3.84. The van der Waals surface area contributed by atoms with Crippen LogP contribution in [0.15, 0.2) is 46.9 Å². The fourth-order valence-electron chi connectivity index (χ4n) is 1.99. The van der Waals surface area contributed by atoms with Gasteiger partial charge in [0.15, 0.2) is 0 Å². The van der Waals surface area contributed by atoms with Crippen molar-refractivity contribution in [3.63, 3.8) is 0 Å². The number of nitrogens with two attached hydrogens (primary N) is 1. The molecule has 0 aliphatic carbocycles. The number of carbonyl (C=O) groups excluding carboxylic acids is 1. The van der Waals surface area contributed by atoms with Gasteiger partial charge in [-0.15, -0.1) is 0 Å². The topological polar surface area (TPSA) is 55.1 Å². The van der Waals surface area contributed by atoms with Crippen LogP contribution < -0.4 is 11.1 Å². The summed E-state index contributed by atoms with van der Waals surface area (Å²) >= 11 is 8.26. The van der Waals surface area contributed by atoms with Crippen molar-refractivity contribution in [2.75, 3.05) is 5.32 Å². The number of anilines is 1. The van der Waals surface area contributed by atoms with Crippen LogP contribution in [0.1, 0.15) is 21.5 Å². The summed E-state index contributed by atoms with van der Waals surface area (Å²) in [6.45, 7) is 1.91. The Labute approximate surface area is 137 Å². The summed E-state index contributed by atoms with van der Waals surface area (Å²) in [6.07, 6.45) is 0.565. The molecule has 0 aliphatic heterocycles. The number of hydrogen-bond donors (Lipinski definition) is 2. The Kier molecular flexibility index (Phi) is 5.09. The van der Waals surface area contributed by atoms with Crippen molar-refractivity contribution in [3.05, 3.63) is 63.6 Å². The molecule has 0 bridgehead atoms. The third-order valence-corrected chi connectivity index (χ3v) is 3.66. The molecule has 0 atom stereocenters. The molecule has 0 heterocycles. The fourth-order valence-corrected chi connectivity index (χ4v) is 2.63. The zero-order chi connectivity index (χ0) is 15.4. The number of aryl methyl sites for hydroxylation is 1. The highest BCUT2D eigenvalue weighted by molar-refractivity contribution is 9.10. The molecule has 3 N–H and O–H groups in total. The number of hydrogen-bond acceptors (Lipinski definition) is 2. The summed E-state index contributed by atoms with van der Waals surface area (Å²) < 4.78 is 0.957. The highest BCUT2D eigenvalue weighted by Gasteiger charge is 2.09. The predicted molar refractivity (Wildman–Crippen MR) is 93.8 cm³/mol. The molecule has 0 unspecified atom stereocenters. The average Bonchev–Trinajstić information content (AvgIpc) is 2.40. The smallest absolute Gasteiger partial charge is 0.255 e. The SMILES string of the molecule is Cc1cc(Br)ccc1C(=O)Nc1ccc(CC(N)=S)cc1. The fraction of sp³-hybridized carbons (Fsp3) is 0.125. The van der Waals surface area contributed by atoms with Crippen molar-refractivity contribution < 1.29 is 4.79 Å². The van der Waals surface area contributed by atoms with E-state index in [9.17, 15) is 4.79 Å². The van der Waals surface area contributed by atoms with E-state index in [0.29, 0.717) is 17.0 Å². The van der Waals surface area contributed by atoms with E-state index in [1.165, 1.54) is 0 Å². The molecular weight excluding hydrogens is 348 g/mol. The summed E-state index contributed by atoms with van der Waals surface area (Å²) in [7, 11) is 0. The van der Waals surface area contributed by atoms with Gasteiger partial charge < -0.3 is 11.1 Å². The molecule has 1 amide bonds. The first-order chi connectivity index (χ1) is 9.95. The van der Waals surface area contributed by atoms with E-state index >= 15 is 0 Å². The number of thiocarbonyl (C=S) groups is 1. The maximum Gasteiger partial charge on any atom is 0.255 e. The van der Waals surface area contributed by atoms with Gasteiger partial charge in [-0.25, -0.2) is 0 Å². The number of amides is 1. The number of halogens is 1. The normalized spacial score (nSPS) is 10.2. The molecule has 0 aromatic heterocycles. The maximum atomic E-state index is 12.2. The quantitative estimate of drug-likeness (QED) is 0.812. The first-order valence-electron chi connectivity index (χ1n) is 6.40. The van der Waals surface area contributed by atoms with E-state index in [-0.39, 0.29) is 5.91 Å². The molecular formula is C16H15BrN2OS. The largest absolute Gasteiger partial charge is 0.393 e. The minimum absolute atomic E-state index is 0.123. The standard InChI is InChI=1S/C16H15BrN2OS/c1-10-8-12(17)4-7-14(10)16(20)19-13-5-2-11(3-6-13)9-15(18)21/h2-8H,9H2,1H3,(H2,18,21)(H,19,20). The van der Waals surface area contributed by atoms with Gasteiger partial charge in [0.05, 0.1) is 4.99 Å². The molecule has 0 aliphatic rings. The van der Waals surface area contributed by atoms with E-state index in [1.54, 1.807) is 6.07 Å². The third kappa shape index (κ3) is 4.37. The Balaban J connectivity index is 2.10. The second-order valence-electron chi connectivity index (χ2n) is 4.75. The molecule has 0 saturated heterocycles. The molecule has 0 spiro atoms. The van der Waals surface area contributed by atoms with Crippen LogP contribution in [-0.4, -0.2) is 10.9 Å². The van der Waals surface area contributed by atoms with Crippen molar-refractivity contribution in [3.8, 4) is 0 Å². The minimum Gasteiger partial charge on any atom is -0.393 e. The van der Waals surface area contributed by atoms with E-state index in [4.69, 9.17) is 18.0 Å². The molecule has 0 radical (unpaired) electrons. The van der Waals surface area contributed by atoms with Crippen molar-refractivity contribution in [2.45, 2.75) is 13.3 Å². The molecule has 0 saturated carbocycles. The lowest BCUT2D eigenvalue weighted by Gasteiger charge is -2.09. The number of benzene rings is 2. The van der Waals surface area contributed by atoms with Crippen molar-refractivity contribution >= 4 is 44.7 Å². The van der Waals surface area contributed by atoms with Crippen molar-refractivity contribution in [2.24, 2.45) is 5.73 Å². The van der Waals surface area contributed by atoms with Gasteiger partial charge in [-0.2, -0.15) is 0 Å². The van der Waals surface area contributed by atoms with Crippen LogP contribution >= 0.6 is 28.1 Å². The Bertz CT molecular complexity index is 683. The Hall–Kier alpha value is -1.72. The van der Waals surface area contributed by atoms with Crippen LogP contribution in [0, 0.1) is 6.92 Å². The van der Waals surface area contributed by atoms with E-state index in [2.05, 4.69) is 21.2 Å². The lowest BCUT2D eigenvalue weighted by Crippen LogP contribution is -2.14. The third-order valence-electron chi connectivity index (χ3n) is 3.02. The molecule has 108 valence electrons.